The van der Waals surface area contributed by atoms with Gasteiger partial charge in [0.05, 0.1) is 5.69 Å². The quantitative estimate of drug-likeness (QED) is 0.420. The van der Waals surface area contributed by atoms with Crippen molar-refractivity contribution in [3.63, 3.8) is 0 Å². The van der Waals surface area contributed by atoms with Crippen molar-refractivity contribution < 1.29 is 0 Å². The highest BCUT2D eigenvalue weighted by Gasteiger charge is 2.58. The summed E-state index contributed by atoms with van der Waals surface area (Å²) in [6.07, 6.45) is 4.52. The lowest BCUT2D eigenvalue weighted by Crippen LogP contribution is -2.53. The fourth-order valence-electron chi connectivity index (χ4n) is 6.65. The molecule has 2 atom stereocenters. The van der Waals surface area contributed by atoms with E-state index in [1.165, 1.54) is 38.7 Å². The lowest BCUT2D eigenvalue weighted by atomic mass is 9.74. The molecule has 4 aromatic rings. The number of nitrogens with zero attached hydrogens (tertiary/aromatic N) is 4. The van der Waals surface area contributed by atoms with Crippen LogP contribution in [0.15, 0.2) is 54.7 Å². The predicted molar refractivity (Wildman–Crippen MR) is 124 cm³/mol. The number of hydrogen-bond donors (Lipinski definition) is 0. The zero-order valence-corrected chi connectivity index (χ0v) is 17.8. The van der Waals surface area contributed by atoms with E-state index < -0.39 is 0 Å². The largest absolute Gasteiger partial charge is 0.345 e. The van der Waals surface area contributed by atoms with Crippen LogP contribution in [0.1, 0.15) is 39.2 Å². The van der Waals surface area contributed by atoms with Crippen LogP contribution >= 0.6 is 0 Å². The number of anilines is 3. The first kappa shape index (κ1) is 16.8. The lowest BCUT2D eigenvalue weighted by molar-refractivity contribution is 0.303. The highest BCUT2D eigenvalue weighted by atomic mass is 15.5. The summed E-state index contributed by atoms with van der Waals surface area (Å²) in [5.41, 5.74) is 7.02. The average Bonchev–Trinajstić information content (AvgIpc) is 3.33. The molecule has 0 radical (unpaired) electrons. The Morgan fingerprint density at radius 1 is 1.03 bits per heavy atom. The van der Waals surface area contributed by atoms with Crippen molar-refractivity contribution >= 4 is 39.0 Å². The monoisotopic (exact) mass is 394 g/mol. The van der Waals surface area contributed by atoms with Crippen LogP contribution in [0, 0.1) is 0 Å². The Hall–Kier alpha value is -3.01. The first-order valence-electron chi connectivity index (χ1n) is 11.2. The van der Waals surface area contributed by atoms with Crippen molar-refractivity contribution in [3.05, 3.63) is 60.3 Å². The fraction of sp³-hybridized carbons (Fsp3) is 0.346. The van der Waals surface area contributed by atoms with E-state index in [4.69, 9.17) is 4.98 Å². The summed E-state index contributed by atoms with van der Waals surface area (Å²) in [5, 5.41) is 2.74. The number of benzene rings is 2. The molecule has 2 unspecified atom stereocenters. The number of aryl methyl sites for hydroxylation is 1. The third-order valence-electron chi connectivity index (χ3n) is 7.93. The van der Waals surface area contributed by atoms with Gasteiger partial charge in [-0.15, -0.1) is 0 Å². The Labute approximate surface area is 176 Å². The maximum atomic E-state index is 4.89. The molecule has 2 bridgehead atoms. The molecule has 3 aliphatic heterocycles. The Bertz CT molecular complexity index is 1350. The Morgan fingerprint density at radius 3 is 2.73 bits per heavy atom. The summed E-state index contributed by atoms with van der Waals surface area (Å²) in [6.45, 7) is 8.08. The molecule has 3 aliphatic rings. The van der Waals surface area contributed by atoms with Crippen molar-refractivity contribution in [1.29, 1.82) is 0 Å². The van der Waals surface area contributed by atoms with Crippen molar-refractivity contribution in [2.24, 2.45) is 0 Å². The predicted octanol–water partition coefficient (Wildman–Crippen LogP) is 5.95. The second-order valence-electron chi connectivity index (χ2n) is 9.41. The number of rotatable bonds is 2. The van der Waals surface area contributed by atoms with E-state index in [2.05, 4.69) is 83.7 Å². The van der Waals surface area contributed by atoms with E-state index in [-0.39, 0.29) is 5.41 Å². The van der Waals surface area contributed by atoms with Crippen molar-refractivity contribution in [2.75, 3.05) is 9.80 Å². The Balaban J connectivity index is 1.61. The van der Waals surface area contributed by atoms with Crippen LogP contribution < -0.4 is 9.80 Å². The van der Waals surface area contributed by atoms with Gasteiger partial charge in [-0.3, -0.25) is 0 Å². The van der Waals surface area contributed by atoms with Crippen LogP contribution in [-0.2, 0) is 12.0 Å². The number of hydrogen-bond acceptors (Lipinski definition) is 3. The van der Waals surface area contributed by atoms with E-state index in [0.717, 1.165) is 25.2 Å². The molecule has 150 valence electrons. The topological polar surface area (TPSA) is 24.3 Å². The van der Waals surface area contributed by atoms with Gasteiger partial charge in [0.2, 0.25) is 0 Å². The van der Waals surface area contributed by atoms with Crippen LogP contribution in [0.5, 0.6) is 0 Å². The van der Waals surface area contributed by atoms with E-state index in [1.54, 1.807) is 0 Å². The molecule has 0 spiro atoms. The molecule has 30 heavy (non-hydrogen) atoms. The van der Waals surface area contributed by atoms with Gasteiger partial charge in [-0.05, 0) is 62.6 Å². The van der Waals surface area contributed by atoms with E-state index in [9.17, 15) is 0 Å². The van der Waals surface area contributed by atoms with Crippen molar-refractivity contribution in [1.82, 2.24) is 9.55 Å². The molecule has 0 fully saturated rings. The van der Waals surface area contributed by atoms with Crippen LogP contribution in [-0.4, -0.2) is 21.8 Å². The first-order valence-corrected chi connectivity index (χ1v) is 11.2. The number of aromatic nitrogens is 2. The molecule has 0 aliphatic carbocycles. The maximum Gasteiger partial charge on any atom is 0.158 e. The van der Waals surface area contributed by atoms with Crippen LogP contribution in [0.4, 0.5) is 17.2 Å². The maximum absolute atomic E-state index is 4.89. The number of para-hydroxylation sites is 1. The van der Waals surface area contributed by atoms with Crippen LogP contribution in [0.25, 0.3) is 21.8 Å². The molecule has 0 N–H and O–H groups in total. The van der Waals surface area contributed by atoms with Gasteiger partial charge in [0.1, 0.15) is 6.17 Å². The summed E-state index contributed by atoms with van der Waals surface area (Å²) in [7, 11) is 0. The van der Waals surface area contributed by atoms with Gasteiger partial charge in [0.15, 0.2) is 5.82 Å². The molecular formula is C26H26N4. The second kappa shape index (κ2) is 5.37. The molecule has 7 rings (SSSR count). The van der Waals surface area contributed by atoms with Crippen LogP contribution in [0.2, 0.25) is 0 Å². The molecule has 0 saturated carbocycles. The zero-order chi connectivity index (χ0) is 20.2. The zero-order valence-electron chi connectivity index (χ0n) is 17.8. The third-order valence-corrected chi connectivity index (χ3v) is 7.93. The third kappa shape index (κ3) is 1.70. The molecule has 2 aromatic carbocycles. The summed E-state index contributed by atoms with van der Waals surface area (Å²) in [6, 6.07) is 18.6. The van der Waals surface area contributed by atoms with Gasteiger partial charge in [-0.2, -0.15) is 0 Å². The van der Waals surface area contributed by atoms with E-state index >= 15 is 0 Å². The molecular weight excluding hydrogens is 368 g/mol. The highest BCUT2D eigenvalue weighted by molar-refractivity contribution is 6.10. The molecule has 4 nitrogen and oxygen atoms in total. The van der Waals surface area contributed by atoms with Crippen molar-refractivity contribution in [2.45, 2.75) is 57.8 Å². The standard InChI is InChI=1S/C26H26N4/c1-4-26-11-13-28-20-9-6-5-8-17(20)18-14-23(19(26)15-22(18)28)30-24-21(10-7-12-27-24)29(16(2)3)25(26)30/h5-10,12,14-16,25H,4,11,13H2,1-3H3. The minimum absolute atomic E-state index is 0.106. The molecule has 0 amide bonds. The lowest BCUT2D eigenvalue weighted by Gasteiger charge is -2.42. The summed E-state index contributed by atoms with van der Waals surface area (Å²) in [5.74, 6) is 1.12. The minimum Gasteiger partial charge on any atom is -0.345 e. The normalized spacial score (nSPS) is 23.7. The average molecular weight is 395 g/mol. The SMILES string of the molecule is CCC12CCn3c4ccccc4c4cc(c1cc43)N1c3ncccc3N(C(C)C)C12. The smallest absolute Gasteiger partial charge is 0.158 e. The van der Waals surface area contributed by atoms with Gasteiger partial charge >= 0.3 is 0 Å². The van der Waals surface area contributed by atoms with Gasteiger partial charge in [0, 0.05) is 51.7 Å². The summed E-state index contributed by atoms with van der Waals surface area (Å²) >= 11 is 0. The Morgan fingerprint density at radius 2 is 1.90 bits per heavy atom. The second-order valence-corrected chi connectivity index (χ2v) is 9.41. The van der Waals surface area contributed by atoms with Gasteiger partial charge in [-0.1, -0.05) is 25.1 Å². The van der Waals surface area contributed by atoms with Crippen molar-refractivity contribution in [3.8, 4) is 0 Å². The van der Waals surface area contributed by atoms with Gasteiger partial charge < -0.3 is 14.4 Å². The molecule has 2 aromatic heterocycles. The first-order chi connectivity index (χ1) is 14.7. The van der Waals surface area contributed by atoms with Gasteiger partial charge in [-0.25, -0.2) is 4.98 Å². The minimum atomic E-state index is 0.106. The summed E-state index contributed by atoms with van der Waals surface area (Å²) < 4.78 is 2.56. The summed E-state index contributed by atoms with van der Waals surface area (Å²) in [4.78, 5) is 10.1. The Kier molecular flexibility index (Phi) is 3.00. The molecule has 0 saturated heterocycles. The van der Waals surface area contributed by atoms with Crippen LogP contribution in [0.3, 0.4) is 0 Å². The highest BCUT2D eigenvalue weighted by Crippen LogP contribution is 2.61. The number of fused-ring (bicyclic) bond motifs is 8. The number of pyridine rings is 1. The van der Waals surface area contributed by atoms with E-state index in [0.29, 0.717) is 12.2 Å². The molecule has 5 heterocycles. The molecule has 4 heteroatoms. The van der Waals surface area contributed by atoms with E-state index in [1.807, 2.05) is 6.20 Å². The van der Waals surface area contributed by atoms with Gasteiger partial charge in [0.25, 0.3) is 0 Å². The fourth-order valence-corrected chi connectivity index (χ4v) is 6.65.